The zero-order valence-electron chi connectivity index (χ0n) is 31.3. The van der Waals surface area contributed by atoms with Gasteiger partial charge in [-0.15, -0.1) is 0 Å². The highest BCUT2D eigenvalue weighted by atomic mass is 15.0. The van der Waals surface area contributed by atoms with E-state index in [0.717, 1.165) is 38.9 Å². The van der Waals surface area contributed by atoms with Gasteiger partial charge in [0.1, 0.15) is 0 Å². The Morgan fingerprint density at radius 2 is 0.793 bits per heavy atom. The second-order valence-corrected chi connectivity index (χ2v) is 15.0. The molecule has 0 aliphatic heterocycles. The summed E-state index contributed by atoms with van der Waals surface area (Å²) in [6.07, 6.45) is 3.68. The first-order valence-electron chi connectivity index (χ1n) is 19.6. The van der Waals surface area contributed by atoms with Crippen molar-refractivity contribution in [1.29, 1.82) is 0 Å². The minimum Gasteiger partial charge on any atom is -0.264 e. The third-order valence-electron chi connectivity index (χ3n) is 11.7. The van der Waals surface area contributed by atoms with E-state index in [0.29, 0.717) is 17.5 Å². The van der Waals surface area contributed by atoms with Crippen molar-refractivity contribution in [2.45, 2.75) is 0 Å². The maximum absolute atomic E-state index is 5.25. The van der Waals surface area contributed by atoms with E-state index in [4.69, 9.17) is 15.0 Å². The number of aromatic nitrogens is 4. The minimum absolute atomic E-state index is 0.614. The van der Waals surface area contributed by atoms with E-state index >= 15 is 0 Å². The summed E-state index contributed by atoms with van der Waals surface area (Å²) in [6, 6.07) is 65.1. The molecule has 0 saturated carbocycles. The minimum atomic E-state index is 0.614. The Kier molecular flexibility index (Phi) is 7.20. The molecule has 0 N–H and O–H groups in total. The van der Waals surface area contributed by atoms with Crippen molar-refractivity contribution in [2.24, 2.45) is 0 Å². The Labute approximate surface area is 334 Å². The van der Waals surface area contributed by atoms with Gasteiger partial charge in [0.25, 0.3) is 0 Å². The van der Waals surface area contributed by atoms with E-state index in [-0.39, 0.29) is 0 Å². The van der Waals surface area contributed by atoms with E-state index in [1.165, 1.54) is 64.6 Å². The SMILES string of the molecule is c1ccc(-c2nc(-c3cccc(-c4cccnc4)c3)nc(-c3ccccc3-c3cc4ccc5cccc6c7cccc8ccc9cccc(c(c3)c4c56)c9c87)n2)cc1. The average Bonchev–Trinajstić information content (AvgIpc) is 3.30. The molecule has 0 fully saturated rings. The lowest BCUT2D eigenvalue weighted by atomic mass is 9.86. The molecular weight excluding hydrogens is 705 g/mol. The molecule has 0 unspecified atom stereocenters. The molecule has 10 aromatic carbocycles. The number of hydrogen-bond acceptors (Lipinski definition) is 4. The molecule has 2 heterocycles. The molecule has 0 aliphatic carbocycles. The Hall–Kier alpha value is -7.82. The second kappa shape index (κ2) is 12.9. The summed E-state index contributed by atoms with van der Waals surface area (Å²) in [5, 5.41) is 15.1. The normalized spacial score (nSPS) is 11.8. The Balaban J connectivity index is 1.14. The molecule has 4 nitrogen and oxygen atoms in total. The first kappa shape index (κ1) is 32.4. The molecule has 0 radical (unpaired) electrons. The largest absolute Gasteiger partial charge is 0.264 e. The van der Waals surface area contributed by atoms with Crippen LogP contribution in [0.3, 0.4) is 0 Å². The first-order chi connectivity index (χ1) is 28.7. The monoisotopic (exact) mass is 736 g/mol. The van der Waals surface area contributed by atoms with Gasteiger partial charge in [-0.2, -0.15) is 0 Å². The van der Waals surface area contributed by atoms with E-state index in [2.05, 4.69) is 163 Å². The van der Waals surface area contributed by atoms with Crippen molar-refractivity contribution in [1.82, 2.24) is 19.9 Å². The number of hydrogen-bond donors (Lipinski definition) is 0. The van der Waals surface area contributed by atoms with Gasteiger partial charge < -0.3 is 0 Å². The third-order valence-corrected chi connectivity index (χ3v) is 11.7. The van der Waals surface area contributed by atoms with Crippen LogP contribution in [0.4, 0.5) is 0 Å². The zero-order chi connectivity index (χ0) is 38.2. The van der Waals surface area contributed by atoms with Gasteiger partial charge in [-0.25, -0.2) is 15.0 Å². The number of nitrogens with zero attached hydrogens (tertiary/aromatic N) is 4. The number of pyridine rings is 1. The molecule has 2 aromatic heterocycles. The van der Waals surface area contributed by atoms with Crippen LogP contribution in [-0.4, -0.2) is 19.9 Å². The summed E-state index contributed by atoms with van der Waals surface area (Å²) in [5.74, 6) is 1.86. The van der Waals surface area contributed by atoms with Crippen molar-refractivity contribution >= 4 is 64.6 Å². The maximum atomic E-state index is 5.25. The number of fused-ring (bicyclic) bond motifs is 2. The summed E-state index contributed by atoms with van der Waals surface area (Å²) < 4.78 is 0. The highest BCUT2D eigenvalue weighted by molar-refractivity contribution is 6.37. The third kappa shape index (κ3) is 5.09. The van der Waals surface area contributed by atoms with Gasteiger partial charge in [-0.1, -0.05) is 158 Å². The zero-order valence-corrected chi connectivity index (χ0v) is 31.3. The van der Waals surface area contributed by atoms with Crippen LogP contribution in [0.5, 0.6) is 0 Å². The van der Waals surface area contributed by atoms with Crippen LogP contribution in [0, 0.1) is 0 Å². The molecule has 0 amide bonds. The van der Waals surface area contributed by atoms with E-state index in [9.17, 15) is 0 Å². The molecule has 58 heavy (non-hydrogen) atoms. The fraction of sp³-hybridized carbons (Fsp3) is 0. The van der Waals surface area contributed by atoms with Gasteiger partial charge in [-0.3, -0.25) is 4.98 Å². The standard InChI is InChI=1S/C54H32N4/c1-2-11-36(12-3-1)52-56-53(39-17-6-16-37(29-39)40-18-10-28-55-32-40)58-54(57-52)46-20-5-4-19-42(46)41-30-38-27-26-35-14-8-22-44-43-21-7-13-33-24-25-34-15-9-23-45(50(34)48(33)43)47(31-41)51(38)49(35)44/h1-32H. The maximum Gasteiger partial charge on any atom is 0.164 e. The lowest BCUT2D eigenvalue weighted by molar-refractivity contribution is 1.07. The van der Waals surface area contributed by atoms with Gasteiger partial charge in [0, 0.05) is 34.6 Å². The second-order valence-electron chi connectivity index (χ2n) is 15.0. The van der Waals surface area contributed by atoms with Crippen molar-refractivity contribution in [3.05, 3.63) is 194 Å². The van der Waals surface area contributed by atoms with Crippen molar-refractivity contribution in [3.63, 3.8) is 0 Å². The van der Waals surface area contributed by atoms with Gasteiger partial charge in [0.05, 0.1) is 0 Å². The van der Waals surface area contributed by atoms with Crippen LogP contribution in [0.15, 0.2) is 194 Å². The highest BCUT2D eigenvalue weighted by Gasteiger charge is 2.19. The molecular formula is C54H32N4. The van der Waals surface area contributed by atoms with Gasteiger partial charge in [-0.05, 0) is 106 Å². The van der Waals surface area contributed by atoms with Gasteiger partial charge >= 0.3 is 0 Å². The Bertz CT molecular complexity index is 3550. The Morgan fingerprint density at radius 1 is 0.276 bits per heavy atom. The molecule has 0 spiro atoms. The smallest absolute Gasteiger partial charge is 0.164 e. The summed E-state index contributed by atoms with van der Waals surface area (Å²) in [4.78, 5) is 19.9. The predicted octanol–water partition coefficient (Wildman–Crippen LogP) is 14.0. The molecule has 12 rings (SSSR count). The van der Waals surface area contributed by atoms with Crippen molar-refractivity contribution < 1.29 is 0 Å². The predicted molar refractivity (Wildman–Crippen MR) is 241 cm³/mol. The molecule has 0 atom stereocenters. The molecule has 4 heteroatoms. The fourth-order valence-corrected chi connectivity index (χ4v) is 9.08. The fourth-order valence-electron chi connectivity index (χ4n) is 9.08. The molecule has 0 bridgehead atoms. The van der Waals surface area contributed by atoms with Crippen LogP contribution in [0.2, 0.25) is 0 Å². The quantitative estimate of drug-likeness (QED) is 0.165. The molecule has 0 aliphatic rings. The van der Waals surface area contributed by atoms with Gasteiger partial charge in [0.15, 0.2) is 17.5 Å². The Morgan fingerprint density at radius 3 is 1.47 bits per heavy atom. The van der Waals surface area contributed by atoms with E-state index < -0.39 is 0 Å². The summed E-state index contributed by atoms with van der Waals surface area (Å²) in [6.45, 7) is 0. The van der Waals surface area contributed by atoms with Crippen LogP contribution in [-0.2, 0) is 0 Å². The summed E-state index contributed by atoms with van der Waals surface area (Å²) >= 11 is 0. The van der Waals surface area contributed by atoms with Crippen molar-refractivity contribution in [3.8, 4) is 56.4 Å². The van der Waals surface area contributed by atoms with Crippen molar-refractivity contribution in [2.75, 3.05) is 0 Å². The van der Waals surface area contributed by atoms with E-state index in [1.807, 2.05) is 30.5 Å². The van der Waals surface area contributed by atoms with Crippen LogP contribution in [0.25, 0.3) is 121 Å². The highest BCUT2D eigenvalue weighted by Crippen LogP contribution is 2.45. The number of rotatable bonds is 5. The van der Waals surface area contributed by atoms with Gasteiger partial charge in [0.2, 0.25) is 0 Å². The number of benzene rings is 9. The van der Waals surface area contributed by atoms with Crippen LogP contribution < -0.4 is 0 Å². The molecule has 12 aromatic rings. The summed E-state index contributed by atoms with van der Waals surface area (Å²) in [7, 11) is 0. The topological polar surface area (TPSA) is 51.6 Å². The van der Waals surface area contributed by atoms with E-state index in [1.54, 1.807) is 6.20 Å². The average molecular weight is 737 g/mol. The lowest BCUT2D eigenvalue weighted by Crippen LogP contribution is -2.01. The summed E-state index contributed by atoms with van der Waals surface area (Å²) in [5.41, 5.74) is 7.03. The lowest BCUT2D eigenvalue weighted by Gasteiger charge is -2.18. The van der Waals surface area contributed by atoms with Crippen LogP contribution in [0.1, 0.15) is 0 Å². The first-order valence-corrected chi connectivity index (χ1v) is 19.6. The van der Waals surface area contributed by atoms with Crippen LogP contribution >= 0.6 is 0 Å². The molecule has 0 saturated heterocycles. The molecule has 268 valence electrons.